The summed E-state index contributed by atoms with van der Waals surface area (Å²) in [5.74, 6) is 1.77. The molecule has 4 nitrogen and oxygen atoms in total. The predicted molar refractivity (Wildman–Crippen MR) is 133 cm³/mol. The summed E-state index contributed by atoms with van der Waals surface area (Å²) >= 11 is 0. The standard InChI is InChI=1S/C24H32N4.C2H6/c1-6-19(13-17(2)3)20-7-8-21-16-26-24(15-22(21)14-20)27-18(4)28-11-9-23(25-5)10-12-28;1-2/h6-8,14-16,23,25H,2,4,9-13H2,1,3,5H3,(H,26,27);1-2H3/b19-6+;. The monoisotopic (exact) mass is 406 g/mol. The third-order valence-electron chi connectivity index (χ3n) is 5.49. The molecule has 0 unspecified atom stereocenters. The highest BCUT2D eigenvalue weighted by Gasteiger charge is 2.18. The topological polar surface area (TPSA) is 40.2 Å². The molecule has 1 aromatic heterocycles. The van der Waals surface area contributed by atoms with E-state index in [4.69, 9.17) is 0 Å². The van der Waals surface area contributed by atoms with Crippen molar-refractivity contribution in [1.29, 1.82) is 0 Å². The number of fused-ring (bicyclic) bond motifs is 1. The van der Waals surface area contributed by atoms with E-state index in [0.29, 0.717) is 6.04 Å². The van der Waals surface area contributed by atoms with Crippen molar-refractivity contribution in [3.8, 4) is 0 Å². The Morgan fingerprint density at radius 3 is 2.47 bits per heavy atom. The van der Waals surface area contributed by atoms with Crippen molar-refractivity contribution in [1.82, 2.24) is 15.2 Å². The number of hydrogen-bond acceptors (Lipinski definition) is 4. The molecule has 0 saturated carbocycles. The summed E-state index contributed by atoms with van der Waals surface area (Å²) in [7, 11) is 2.04. The fourth-order valence-corrected chi connectivity index (χ4v) is 3.77. The van der Waals surface area contributed by atoms with Crippen LogP contribution in [0.2, 0.25) is 0 Å². The molecular weight excluding hydrogens is 368 g/mol. The van der Waals surface area contributed by atoms with Crippen LogP contribution in [-0.2, 0) is 0 Å². The number of aromatic nitrogens is 1. The van der Waals surface area contributed by atoms with E-state index >= 15 is 0 Å². The van der Waals surface area contributed by atoms with Gasteiger partial charge in [0.05, 0.1) is 5.82 Å². The molecule has 0 aliphatic carbocycles. The van der Waals surface area contributed by atoms with E-state index in [0.717, 1.165) is 49.4 Å². The number of hydrogen-bond donors (Lipinski definition) is 2. The third kappa shape index (κ3) is 6.20. The summed E-state index contributed by atoms with van der Waals surface area (Å²) in [6, 6.07) is 9.27. The molecule has 4 heteroatoms. The van der Waals surface area contributed by atoms with Gasteiger partial charge in [-0.2, -0.15) is 0 Å². The number of piperidine rings is 1. The Balaban J connectivity index is 0.00000155. The molecule has 1 saturated heterocycles. The zero-order valence-electron chi connectivity index (χ0n) is 19.4. The number of pyridine rings is 1. The Morgan fingerprint density at radius 2 is 1.87 bits per heavy atom. The SMILES string of the molecule is C=C(C)C/C(=C\C)c1ccc2cnc(NC(=C)N3CCC(NC)CC3)cc2c1.CC. The Hall–Kier alpha value is -2.59. The van der Waals surface area contributed by atoms with Crippen molar-refractivity contribution < 1.29 is 0 Å². The molecule has 0 spiro atoms. The molecule has 30 heavy (non-hydrogen) atoms. The average molecular weight is 407 g/mol. The van der Waals surface area contributed by atoms with Gasteiger partial charge < -0.3 is 15.5 Å². The molecule has 3 rings (SSSR count). The summed E-state index contributed by atoms with van der Waals surface area (Å²) in [5, 5.41) is 9.09. The fraction of sp³-hybridized carbons (Fsp3) is 0.423. The quantitative estimate of drug-likeness (QED) is 0.537. The van der Waals surface area contributed by atoms with Crippen LogP contribution in [0.25, 0.3) is 16.3 Å². The molecule has 1 aliphatic heterocycles. The Morgan fingerprint density at radius 1 is 1.17 bits per heavy atom. The molecule has 0 radical (unpaired) electrons. The van der Waals surface area contributed by atoms with Gasteiger partial charge in [0.15, 0.2) is 0 Å². The highest BCUT2D eigenvalue weighted by molar-refractivity contribution is 5.87. The first-order valence-electron chi connectivity index (χ1n) is 11.1. The van der Waals surface area contributed by atoms with Crippen molar-refractivity contribution >= 4 is 22.2 Å². The Kier molecular flexibility index (Phi) is 9.13. The van der Waals surface area contributed by atoms with Crippen molar-refractivity contribution in [3.63, 3.8) is 0 Å². The highest BCUT2D eigenvalue weighted by atomic mass is 15.3. The minimum absolute atomic E-state index is 0.612. The molecule has 0 atom stereocenters. The van der Waals surface area contributed by atoms with Crippen LogP contribution < -0.4 is 10.6 Å². The van der Waals surface area contributed by atoms with Crippen molar-refractivity contribution in [2.75, 3.05) is 25.5 Å². The third-order valence-corrected chi connectivity index (χ3v) is 5.49. The summed E-state index contributed by atoms with van der Waals surface area (Å²) < 4.78 is 0. The van der Waals surface area contributed by atoms with Crippen LogP contribution in [0.15, 0.2) is 61.1 Å². The number of nitrogens with one attached hydrogen (secondary N) is 2. The van der Waals surface area contributed by atoms with E-state index in [2.05, 4.69) is 77.9 Å². The van der Waals surface area contributed by atoms with Crippen molar-refractivity contribution in [3.05, 3.63) is 66.7 Å². The average Bonchev–Trinajstić information content (AvgIpc) is 2.78. The zero-order chi connectivity index (χ0) is 22.1. The second-order valence-electron chi connectivity index (χ2n) is 7.70. The largest absolute Gasteiger partial charge is 0.359 e. The minimum atomic E-state index is 0.612. The van der Waals surface area contributed by atoms with Gasteiger partial charge in [0.25, 0.3) is 0 Å². The van der Waals surface area contributed by atoms with Crippen LogP contribution in [0.4, 0.5) is 5.82 Å². The van der Waals surface area contributed by atoms with Gasteiger partial charge in [0.2, 0.25) is 0 Å². The first kappa shape index (κ1) is 23.7. The van der Waals surface area contributed by atoms with Gasteiger partial charge in [-0.25, -0.2) is 4.98 Å². The molecule has 2 aromatic rings. The molecule has 0 bridgehead atoms. The lowest BCUT2D eigenvalue weighted by atomic mass is 9.97. The van der Waals surface area contributed by atoms with Gasteiger partial charge >= 0.3 is 0 Å². The van der Waals surface area contributed by atoms with Gasteiger partial charge in [-0.1, -0.05) is 50.8 Å². The minimum Gasteiger partial charge on any atom is -0.359 e. The summed E-state index contributed by atoms with van der Waals surface area (Å²) in [4.78, 5) is 6.88. The molecule has 2 N–H and O–H groups in total. The van der Waals surface area contributed by atoms with Crippen molar-refractivity contribution in [2.24, 2.45) is 0 Å². The molecule has 162 valence electrons. The van der Waals surface area contributed by atoms with Crippen LogP contribution in [-0.4, -0.2) is 36.1 Å². The van der Waals surface area contributed by atoms with E-state index in [-0.39, 0.29) is 0 Å². The number of benzene rings is 1. The van der Waals surface area contributed by atoms with Gasteiger partial charge in [0.1, 0.15) is 5.82 Å². The van der Waals surface area contributed by atoms with Gasteiger partial charge in [-0.15, -0.1) is 0 Å². The van der Waals surface area contributed by atoms with E-state index in [9.17, 15) is 0 Å². The van der Waals surface area contributed by atoms with Crippen LogP contribution in [0.5, 0.6) is 0 Å². The summed E-state index contributed by atoms with van der Waals surface area (Å²) in [6.07, 6.45) is 7.28. The molecule has 1 aliphatic rings. The first-order chi connectivity index (χ1) is 14.5. The normalized spacial score (nSPS) is 14.8. The molecule has 0 amide bonds. The van der Waals surface area contributed by atoms with Crippen LogP contribution in [0.1, 0.15) is 52.5 Å². The lowest BCUT2D eigenvalue weighted by Crippen LogP contribution is -2.41. The molecular formula is C26H38N4. The number of rotatable bonds is 7. The second-order valence-corrected chi connectivity index (χ2v) is 7.70. The summed E-state index contributed by atoms with van der Waals surface area (Å²) in [5.41, 5.74) is 3.71. The predicted octanol–water partition coefficient (Wildman–Crippen LogP) is 6.20. The first-order valence-corrected chi connectivity index (χ1v) is 11.1. The fourth-order valence-electron chi connectivity index (χ4n) is 3.77. The van der Waals surface area contributed by atoms with E-state index in [1.54, 1.807) is 0 Å². The number of nitrogens with zero attached hydrogens (tertiary/aromatic N) is 2. The molecule has 1 aromatic carbocycles. The maximum Gasteiger partial charge on any atom is 0.131 e. The number of likely N-dealkylation sites (tertiary alicyclic amines) is 1. The van der Waals surface area contributed by atoms with E-state index < -0.39 is 0 Å². The van der Waals surface area contributed by atoms with Gasteiger partial charge in [-0.3, -0.25) is 0 Å². The molecule has 2 heterocycles. The zero-order valence-corrected chi connectivity index (χ0v) is 19.4. The summed E-state index contributed by atoms with van der Waals surface area (Å²) in [6.45, 7) is 18.5. The Bertz CT molecular complexity index is 889. The maximum atomic E-state index is 4.58. The lowest BCUT2D eigenvalue weighted by Gasteiger charge is -2.34. The van der Waals surface area contributed by atoms with Gasteiger partial charge in [-0.05, 0) is 68.8 Å². The number of allylic oxidation sites excluding steroid dienone is 3. The van der Waals surface area contributed by atoms with Gasteiger partial charge in [0, 0.05) is 30.7 Å². The smallest absolute Gasteiger partial charge is 0.131 e. The van der Waals surface area contributed by atoms with Crippen LogP contribution >= 0.6 is 0 Å². The highest BCUT2D eigenvalue weighted by Crippen LogP contribution is 2.27. The maximum absolute atomic E-state index is 4.58. The van der Waals surface area contributed by atoms with Crippen LogP contribution in [0, 0.1) is 0 Å². The lowest BCUT2D eigenvalue weighted by molar-refractivity contribution is 0.251. The number of anilines is 1. The van der Waals surface area contributed by atoms with Crippen LogP contribution in [0.3, 0.4) is 0 Å². The van der Waals surface area contributed by atoms with E-state index in [1.165, 1.54) is 22.1 Å². The van der Waals surface area contributed by atoms with Crippen molar-refractivity contribution in [2.45, 2.75) is 53.0 Å². The second kappa shape index (κ2) is 11.6. The van der Waals surface area contributed by atoms with E-state index in [1.807, 2.05) is 27.1 Å². The Labute approximate surface area is 182 Å². The molecule has 1 fully saturated rings.